The van der Waals surface area contributed by atoms with Crippen molar-refractivity contribution in [2.45, 2.75) is 58.6 Å². The minimum atomic E-state index is -0.526. The van der Waals surface area contributed by atoms with Gasteiger partial charge in [0.25, 0.3) is 0 Å². The minimum Gasteiger partial charge on any atom is -0.444 e. The van der Waals surface area contributed by atoms with Gasteiger partial charge >= 0.3 is 6.09 Å². The van der Waals surface area contributed by atoms with Crippen LogP contribution in [-0.2, 0) is 9.53 Å². The van der Waals surface area contributed by atoms with E-state index in [1.807, 2.05) is 27.7 Å². The van der Waals surface area contributed by atoms with Crippen LogP contribution in [0.15, 0.2) is 12.2 Å². The number of likely N-dealkylation sites (tertiary alicyclic amines) is 1. The van der Waals surface area contributed by atoms with Crippen LogP contribution in [0.25, 0.3) is 0 Å². The van der Waals surface area contributed by atoms with E-state index in [1.165, 1.54) is 0 Å². The summed E-state index contributed by atoms with van der Waals surface area (Å²) in [5.41, 5.74) is 0.303. The lowest BCUT2D eigenvalue weighted by molar-refractivity contribution is -0.122. The highest BCUT2D eigenvalue weighted by Crippen LogP contribution is 2.23. The number of Topliss-reactive ketones (excluding diaryl/α,β-unsaturated/α-hetero) is 1. The molecule has 0 aliphatic carbocycles. The van der Waals surface area contributed by atoms with E-state index >= 15 is 0 Å². The molecule has 1 amide bonds. The zero-order chi connectivity index (χ0) is 13.9. The molecule has 4 nitrogen and oxygen atoms in total. The van der Waals surface area contributed by atoms with E-state index in [0.29, 0.717) is 13.0 Å². The van der Waals surface area contributed by atoms with Crippen LogP contribution in [0.2, 0.25) is 0 Å². The Bertz CT molecular complexity index is 355. The van der Waals surface area contributed by atoms with E-state index in [1.54, 1.807) is 4.90 Å². The maximum atomic E-state index is 12.0. The lowest BCUT2D eigenvalue weighted by Crippen LogP contribution is -2.43. The second-order valence-electron chi connectivity index (χ2n) is 5.93. The predicted octanol–water partition coefficient (Wildman–Crippen LogP) is 2.92. The Labute approximate surface area is 109 Å². The minimum absolute atomic E-state index is 0.0610. The average Bonchev–Trinajstić information content (AvgIpc) is 2.61. The Hall–Kier alpha value is -1.32. The second kappa shape index (κ2) is 5.55. The lowest BCUT2D eigenvalue weighted by atomic mass is 10.0. The van der Waals surface area contributed by atoms with Gasteiger partial charge in [0.1, 0.15) is 5.60 Å². The summed E-state index contributed by atoms with van der Waals surface area (Å²) in [6.07, 6.45) is 1.53. The van der Waals surface area contributed by atoms with Gasteiger partial charge in [-0.25, -0.2) is 4.79 Å². The summed E-state index contributed by atoms with van der Waals surface area (Å²) in [5, 5.41) is 0. The molecule has 1 aliphatic rings. The van der Waals surface area contributed by atoms with Crippen molar-refractivity contribution >= 4 is 11.9 Å². The van der Waals surface area contributed by atoms with Crippen molar-refractivity contribution in [3.63, 3.8) is 0 Å². The molecule has 0 aromatic rings. The maximum absolute atomic E-state index is 12.0. The van der Waals surface area contributed by atoms with E-state index in [-0.39, 0.29) is 17.9 Å². The predicted molar refractivity (Wildman–Crippen MR) is 70.4 cm³/mol. The Morgan fingerprint density at radius 3 is 2.50 bits per heavy atom. The van der Waals surface area contributed by atoms with Gasteiger partial charge in [0.15, 0.2) is 5.78 Å². The molecule has 4 heteroatoms. The van der Waals surface area contributed by atoms with E-state index in [4.69, 9.17) is 4.74 Å². The molecular formula is C14H23NO3. The Morgan fingerprint density at radius 1 is 1.39 bits per heavy atom. The number of allylic oxidation sites excluding steroid dienone is 1. The van der Waals surface area contributed by atoms with Crippen LogP contribution in [0.1, 0.15) is 47.0 Å². The van der Waals surface area contributed by atoms with Gasteiger partial charge in [-0.1, -0.05) is 12.2 Å². The van der Waals surface area contributed by atoms with Crippen LogP contribution in [0.5, 0.6) is 0 Å². The van der Waals surface area contributed by atoms with Gasteiger partial charge in [-0.3, -0.25) is 9.69 Å². The standard InChI is InChI=1S/C14H23NO3/c1-10(2)9-12(16)11-7-6-8-15(11)13(17)18-14(3,4)5/h11H,1,6-9H2,2-5H3/t11-/m1/s1. The summed E-state index contributed by atoms with van der Waals surface area (Å²) in [6, 6.07) is -0.337. The summed E-state index contributed by atoms with van der Waals surface area (Å²) >= 11 is 0. The molecule has 1 saturated heterocycles. The summed E-state index contributed by atoms with van der Waals surface area (Å²) in [7, 11) is 0. The van der Waals surface area contributed by atoms with Crippen molar-refractivity contribution in [1.82, 2.24) is 4.90 Å². The monoisotopic (exact) mass is 253 g/mol. The number of carbonyl (C=O) groups excluding carboxylic acids is 2. The van der Waals surface area contributed by atoms with Gasteiger partial charge in [-0.2, -0.15) is 0 Å². The molecule has 0 spiro atoms. The van der Waals surface area contributed by atoms with E-state index < -0.39 is 5.60 Å². The first-order valence-corrected chi connectivity index (χ1v) is 6.37. The highest BCUT2D eigenvalue weighted by atomic mass is 16.6. The zero-order valence-corrected chi connectivity index (χ0v) is 11.8. The van der Waals surface area contributed by atoms with Crippen molar-refractivity contribution in [3.8, 4) is 0 Å². The average molecular weight is 253 g/mol. The van der Waals surface area contributed by atoms with Crippen molar-refractivity contribution < 1.29 is 14.3 Å². The number of amides is 1. The molecule has 0 N–H and O–H groups in total. The molecule has 18 heavy (non-hydrogen) atoms. The second-order valence-corrected chi connectivity index (χ2v) is 5.93. The first kappa shape index (κ1) is 14.7. The Morgan fingerprint density at radius 2 is 2.00 bits per heavy atom. The molecule has 1 heterocycles. The lowest BCUT2D eigenvalue weighted by Gasteiger charge is -2.28. The number of rotatable bonds is 3. The molecular weight excluding hydrogens is 230 g/mol. The van der Waals surface area contributed by atoms with Crippen molar-refractivity contribution in [2.75, 3.05) is 6.54 Å². The van der Waals surface area contributed by atoms with Gasteiger partial charge in [0.05, 0.1) is 6.04 Å². The molecule has 0 radical (unpaired) electrons. The zero-order valence-electron chi connectivity index (χ0n) is 11.8. The van der Waals surface area contributed by atoms with Gasteiger partial charge in [0.2, 0.25) is 0 Å². The Balaban J connectivity index is 2.67. The quantitative estimate of drug-likeness (QED) is 0.726. The molecule has 1 rings (SSSR count). The molecule has 1 fully saturated rings. The molecule has 0 saturated carbocycles. The van der Waals surface area contributed by atoms with E-state index in [9.17, 15) is 9.59 Å². The molecule has 1 atom stereocenters. The number of hydrogen-bond acceptors (Lipinski definition) is 3. The molecule has 0 unspecified atom stereocenters. The van der Waals surface area contributed by atoms with Crippen molar-refractivity contribution in [2.24, 2.45) is 0 Å². The largest absolute Gasteiger partial charge is 0.444 e. The molecule has 102 valence electrons. The highest BCUT2D eigenvalue weighted by Gasteiger charge is 2.35. The van der Waals surface area contributed by atoms with Crippen LogP contribution in [0.3, 0.4) is 0 Å². The number of ether oxygens (including phenoxy) is 1. The third kappa shape index (κ3) is 4.17. The summed E-state index contributed by atoms with van der Waals surface area (Å²) in [4.78, 5) is 25.6. The third-order valence-electron chi connectivity index (χ3n) is 2.73. The van der Waals surface area contributed by atoms with Crippen molar-refractivity contribution in [3.05, 3.63) is 12.2 Å². The van der Waals surface area contributed by atoms with Crippen LogP contribution < -0.4 is 0 Å². The van der Waals surface area contributed by atoms with Crippen LogP contribution in [0.4, 0.5) is 4.79 Å². The highest BCUT2D eigenvalue weighted by molar-refractivity contribution is 5.89. The van der Waals surface area contributed by atoms with Gasteiger partial charge in [-0.05, 0) is 40.5 Å². The summed E-state index contributed by atoms with van der Waals surface area (Å²) < 4.78 is 5.32. The summed E-state index contributed by atoms with van der Waals surface area (Å²) in [5.74, 6) is 0.0610. The maximum Gasteiger partial charge on any atom is 0.410 e. The number of nitrogens with zero attached hydrogens (tertiary/aromatic N) is 1. The molecule has 1 aliphatic heterocycles. The fourth-order valence-electron chi connectivity index (χ4n) is 2.06. The van der Waals surface area contributed by atoms with Crippen molar-refractivity contribution in [1.29, 1.82) is 0 Å². The molecule has 0 aromatic heterocycles. The Kier molecular flexibility index (Phi) is 4.54. The normalized spacial score (nSPS) is 19.8. The fraction of sp³-hybridized carbons (Fsp3) is 0.714. The van der Waals surface area contributed by atoms with Gasteiger partial charge < -0.3 is 4.74 Å². The van der Waals surface area contributed by atoms with Gasteiger partial charge in [0, 0.05) is 13.0 Å². The molecule has 0 bridgehead atoms. The molecule has 0 aromatic carbocycles. The first-order chi connectivity index (χ1) is 8.20. The third-order valence-corrected chi connectivity index (χ3v) is 2.73. The number of carbonyl (C=O) groups is 2. The van der Waals surface area contributed by atoms with Crippen LogP contribution in [-0.4, -0.2) is 35.0 Å². The van der Waals surface area contributed by atoms with Gasteiger partial charge in [-0.15, -0.1) is 0 Å². The van der Waals surface area contributed by atoms with Crippen LogP contribution >= 0.6 is 0 Å². The topological polar surface area (TPSA) is 46.6 Å². The number of hydrogen-bond donors (Lipinski definition) is 0. The smallest absolute Gasteiger partial charge is 0.410 e. The van der Waals surface area contributed by atoms with Crippen LogP contribution in [0, 0.1) is 0 Å². The summed E-state index contributed by atoms with van der Waals surface area (Å²) in [6.45, 7) is 11.6. The SMILES string of the molecule is C=C(C)CC(=O)[C@H]1CCCN1C(=O)OC(C)(C)C. The number of ketones is 1. The first-order valence-electron chi connectivity index (χ1n) is 6.37. The fourth-order valence-corrected chi connectivity index (χ4v) is 2.06. The van der Waals surface area contributed by atoms with E-state index in [0.717, 1.165) is 18.4 Å². The van der Waals surface area contributed by atoms with E-state index in [2.05, 4.69) is 6.58 Å².